The maximum absolute atomic E-state index is 11.7. The van der Waals surface area contributed by atoms with E-state index in [2.05, 4.69) is 36.9 Å². The summed E-state index contributed by atoms with van der Waals surface area (Å²) >= 11 is 9.63. The molecule has 138 valence electrons. The Kier molecular flexibility index (Phi) is 7.94. The summed E-state index contributed by atoms with van der Waals surface area (Å²) in [5.74, 6) is 0.620. The van der Waals surface area contributed by atoms with Crippen LogP contribution in [0, 0.1) is 0 Å². The molecule has 0 unspecified atom stereocenters. The minimum Gasteiger partial charge on any atom is -0.356 e. The molecule has 0 bridgehead atoms. The first-order valence-corrected chi connectivity index (χ1v) is 9.40. The van der Waals surface area contributed by atoms with Crippen LogP contribution in [-0.4, -0.2) is 32.5 Å². The van der Waals surface area contributed by atoms with Gasteiger partial charge in [-0.25, -0.2) is 0 Å². The number of hydrogen-bond acceptors (Lipinski definition) is 2. The van der Waals surface area contributed by atoms with E-state index in [1.807, 2.05) is 36.4 Å². The molecule has 0 aliphatic heterocycles. The molecule has 0 fully saturated rings. The number of amides is 1. The van der Waals surface area contributed by atoms with Gasteiger partial charge in [-0.15, -0.1) is 0 Å². The Morgan fingerprint density at radius 1 is 1.19 bits per heavy atom. The van der Waals surface area contributed by atoms with Crippen LogP contribution < -0.4 is 16.0 Å². The van der Waals surface area contributed by atoms with Crippen molar-refractivity contribution in [1.29, 1.82) is 0 Å². The molecule has 0 aliphatic rings. The molecule has 2 aromatic carbocycles. The van der Waals surface area contributed by atoms with Gasteiger partial charge in [-0.2, -0.15) is 0 Å². The minimum absolute atomic E-state index is 0.0799. The van der Waals surface area contributed by atoms with E-state index in [0.29, 0.717) is 29.6 Å². The highest BCUT2D eigenvalue weighted by atomic mass is 79.9. The van der Waals surface area contributed by atoms with E-state index in [1.165, 1.54) is 0 Å². The van der Waals surface area contributed by atoms with Crippen molar-refractivity contribution in [3.63, 3.8) is 0 Å². The number of nitrogens with zero attached hydrogens (tertiary/aromatic N) is 1. The third-order valence-corrected chi connectivity index (χ3v) is 4.65. The van der Waals surface area contributed by atoms with Gasteiger partial charge in [0, 0.05) is 42.2 Å². The molecule has 0 atom stereocenters. The fourth-order valence-corrected chi connectivity index (χ4v) is 3.14. The standard InChI is InChI=1S/C19H22BrClN4O/c1-22-18(26)14-5-3-4-13(10-14)8-9-24-19(23-2)25-12-15-6-7-16(20)11-17(15)21/h3-7,10-11H,8-9,12H2,1-2H3,(H,22,26)(H2,23,24,25). The summed E-state index contributed by atoms with van der Waals surface area (Å²) in [6.07, 6.45) is 0.782. The summed E-state index contributed by atoms with van der Waals surface area (Å²) in [7, 11) is 3.36. The zero-order valence-corrected chi connectivity index (χ0v) is 17.1. The van der Waals surface area contributed by atoms with Gasteiger partial charge in [0.2, 0.25) is 0 Å². The van der Waals surface area contributed by atoms with Crippen LogP contribution in [-0.2, 0) is 13.0 Å². The lowest BCUT2D eigenvalue weighted by Crippen LogP contribution is -2.37. The molecule has 0 radical (unpaired) electrons. The van der Waals surface area contributed by atoms with E-state index in [9.17, 15) is 4.79 Å². The van der Waals surface area contributed by atoms with Crippen molar-refractivity contribution in [3.05, 3.63) is 68.7 Å². The molecule has 0 aliphatic carbocycles. The normalized spacial score (nSPS) is 11.2. The number of benzene rings is 2. The Morgan fingerprint density at radius 3 is 2.69 bits per heavy atom. The van der Waals surface area contributed by atoms with Crippen LogP contribution in [0.2, 0.25) is 5.02 Å². The lowest BCUT2D eigenvalue weighted by atomic mass is 10.1. The first kappa shape index (κ1) is 20.3. The summed E-state index contributed by atoms with van der Waals surface area (Å²) in [6.45, 7) is 1.28. The van der Waals surface area contributed by atoms with Gasteiger partial charge in [0.05, 0.1) is 0 Å². The highest BCUT2D eigenvalue weighted by Crippen LogP contribution is 2.21. The molecule has 2 rings (SSSR count). The Bertz CT molecular complexity index is 795. The number of aliphatic imine (C=N–C) groups is 1. The smallest absolute Gasteiger partial charge is 0.251 e. The Morgan fingerprint density at radius 2 is 2.00 bits per heavy atom. The van der Waals surface area contributed by atoms with Crippen LogP contribution in [0.4, 0.5) is 0 Å². The first-order valence-electron chi connectivity index (χ1n) is 8.23. The number of carbonyl (C=O) groups is 1. The third-order valence-electron chi connectivity index (χ3n) is 3.81. The molecule has 7 heteroatoms. The largest absolute Gasteiger partial charge is 0.356 e. The van der Waals surface area contributed by atoms with Crippen LogP contribution in [0.3, 0.4) is 0 Å². The van der Waals surface area contributed by atoms with Gasteiger partial charge in [-0.1, -0.05) is 45.7 Å². The summed E-state index contributed by atoms with van der Waals surface area (Å²) in [5.41, 5.74) is 2.75. The van der Waals surface area contributed by atoms with Crippen LogP contribution in [0.5, 0.6) is 0 Å². The highest BCUT2D eigenvalue weighted by Gasteiger charge is 2.05. The van der Waals surface area contributed by atoms with Crippen molar-refractivity contribution >= 4 is 39.4 Å². The lowest BCUT2D eigenvalue weighted by molar-refractivity contribution is 0.0963. The van der Waals surface area contributed by atoms with Crippen LogP contribution >= 0.6 is 27.5 Å². The van der Waals surface area contributed by atoms with E-state index in [4.69, 9.17) is 11.6 Å². The summed E-state index contributed by atoms with van der Waals surface area (Å²) in [6, 6.07) is 13.4. The van der Waals surface area contributed by atoms with E-state index in [0.717, 1.165) is 22.0 Å². The number of halogens is 2. The topological polar surface area (TPSA) is 65.5 Å². The molecule has 2 aromatic rings. The van der Waals surface area contributed by atoms with Crippen LogP contribution in [0.25, 0.3) is 0 Å². The average molecular weight is 438 g/mol. The maximum Gasteiger partial charge on any atom is 0.251 e. The number of hydrogen-bond donors (Lipinski definition) is 3. The monoisotopic (exact) mass is 436 g/mol. The Hall–Kier alpha value is -2.05. The molecule has 26 heavy (non-hydrogen) atoms. The predicted molar refractivity (Wildman–Crippen MR) is 111 cm³/mol. The van der Waals surface area contributed by atoms with Gasteiger partial charge < -0.3 is 16.0 Å². The second-order valence-corrected chi connectivity index (χ2v) is 6.94. The van der Waals surface area contributed by atoms with Gasteiger partial charge in [-0.05, 0) is 41.8 Å². The first-order chi connectivity index (χ1) is 12.5. The lowest BCUT2D eigenvalue weighted by Gasteiger charge is -2.13. The van der Waals surface area contributed by atoms with Crippen molar-refractivity contribution < 1.29 is 4.79 Å². The van der Waals surface area contributed by atoms with E-state index < -0.39 is 0 Å². The van der Waals surface area contributed by atoms with Gasteiger partial charge in [0.1, 0.15) is 0 Å². The third kappa shape index (κ3) is 6.04. The number of rotatable bonds is 6. The summed E-state index contributed by atoms with van der Waals surface area (Å²) in [5, 5.41) is 9.85. The van der Waals surface area contributed by atoms with Crippen molar-refractivity contribution in [1.82, 2.24) is 16.0 Å². The fourth-order valence-electron chi connectivity index (χ4n) is 2.40. The number of nitrogens with one attached hydrogen (secondary N) is 3. The zero-order chi connectivity index (χ0) is 18.9. The van der Waals surface area contributed by atoms with Crippen molar-refractivity contribution in [3.8, 4) is 0 Å². The zero-order valence-electron chi connectivity index (χ0n) is 14.8. The van der Waals surface area contributed by atoms with E-state index in [1.54, 1.807) is 20.2 Å². The fraction of sp³-hybridized carbons (Fsp3) is 0.263. The number of carbonyl (C=O) groups excluding carboxylic acids is 1. The molecule has 0 saturated carbocycles. The quantitative estimate of drug-likeness (QED) is 0.479. The van der Waals surface area contributed by atoms with Crippen molar-refractivity contribution in [2.24, 2.45) is 4.99 Å². The Balaban J connectivity index is 1.84. The predicted octanol–water partition coefficient (Wildman–Crippen LogP) is 3.37. The molecule has 0 spiro atoms. The van der Waals surface area contributed by atoms with Crippen LogP contribution in [0.15, 0.2) is 51.9 Å². The molecule has 1 amide bonds. The summed E-state index contributed by atoms with van der Waals surface area (Å²) in [4.78, 5) is 15.9. The molecule has 0 saturated heterocycles. The molecule has 5 nitrogen and oxygen atoms in total. The SMILES string of the molecule is CN=C(NCCc1cccc(C(=O)NC)c1)NCc1ccc(Br)cc1Cl. The van der Waals surface area contributed by atoms with Crippen molar-refractivity contribution in [2.75, 3.05) is 20.6 Å². The highest BCUT2D eigenvalue weighted by molar-refractivity contribution is 9.10. The molecular formula is C19H22BrClN4O. The molecule has 3 N–H and O–H groups in total. The number of guanidine groups is 1. The minimum atomic E-state index is -0.0799. The van der Waals surface area contributed by atoms with E-state index in [-0.39, 0.29) is 5.91 Å². The van der Waals surface area contributed by atoms with E-state index >= 15 is 0 Å². The van der Waals surface area contributed by atoms with Crippen LogP contribution in [0.1, 0.15) is 21.5 Å². The maximum atomic E-state index is 11.7. The van der Waals surface area contributed by atoms with Gasteiger partial charge in [0.25, 0.3) is 5.91 Å². The molecule has 0 heterocycles. The molecule has 0 aromatic heterocycles. The van der Waals surface area contributed by atoms with Gasteiger partial charge >= 0.3 is 0 Å². The Labute approximate surface area is 167 Å². The second-order valence-electron chi connectivity index (χ2n) is 5.62. The summed E-state index contributed by atoms with van der Waals surface area (Å²) < 4.78 is 0.952. The second kappa shape index (κ2) is 10.2. The van der Waals surface area contributed by atoms with Gasteiger partial charge in [-0.3, -0.25) is 9.79 Å². The average Bonchev–Trinajstić information content (AvgIpc) is 2.65. The van der Waals surface area contributed by atoms with Crippen molar-refractivity contribution in [2.45, 2.75) is 13.0 Å². The van der Waals surface area contributed by atoms with Gasteiger partial charge in [0.15, 0.2) is 5.96 Å². The molecular weight excluding hydrogens is 416 g/mol.